The number of hydrogen-bond acceptors (Lipinski definition) is 4. The molecule has 0 unspecified atom stereocenters. The predicted molar refractivity (Wildman–Crippen MR) is 64.1 cm³/mol. The van der Waals surface area contributed by atoms with Gasteiger partial charge < -0.3 is 10.0 Å². The van der Waals surface area contributed by atoms with E-state index < -0.39 is 0 Å². The SMILES string of the molecule is CCN(CCCCO)c1cc(=O)[nH]c(Cl)n1. The fourth-order valence-electron chi connectivity index (χ4n) is 1.43. The van der Waals surface area contributed by atoms with E-state index in [1.54, 1.807) is 0 Å². The van der Waals surface area contributed by atoms with Crippen molar-refractivity contribution in [2.45, 2.75) is 19.8 Å². The van der Waals surface area contributed by atoms with Gasteiger partial charge in [-0.15, -0.1) is 0 Å². The van der Waals surface area contributed by atoms with Gasteiger partial charge >= 0.3 is 0 Å². The molecule has 0 fully saturated rings. The number of aromatic amines is 1. The number of H-pyrrole nitrogens is 1. The number of aliphatic hydroxyl groups excluding tert-OH is 1. The summed E-state index contributed by atoms with van der Waals surface area (Å²) in [5, 5.41) is 8.80. The first-order valence-corrected chi connectivity index (χ1v) is 5.68. The molecule has 90 valence electrons. The Kier molecular flexibility index (Phi) is 5.28. The summed E-state index contributed by atoms with van der Waals surface area (Å²) in [6.45, 7) is 3.67. The molecule has 0 aliphatic carbocycles. The van der Waals surface area contributed by atoms with Crippen molar-refractivity contribution in [2.24, 2.45) is 0 Å². The number of aromatic nitrogens is 2. The normalized spacial score (nSPS) is 10.4. The van der Waals surface area contributed by atoms with E-state index >= 15 is 0 Å². The third-order valence-corrected chi connectivity index (χ3v) is 2.42. The third-order valence-electron chi connectivity index (χ3n) is 2.24. The number of hydrogen-bond donors (Lipinski definition) is 2. The fraction of sp³-hybridized carbons (Fsp3) is 0.600. The molecular formula is C10H16ClN3O2. The topological polar surface area (TPSA) is 69.2 Å². The molecule has 0 atom stereocenters. The number of unbranched alkanes of at least 4 members (excludes halogenated alkanes) is 1. The highest BCUT2D eigenvalue weighted by atomic mass is 35.5. The maximum Gasteiger partial charge on any atom is 0.253 e. The van der Waals surface area contributed by atoms with E-state index in [-0.39, 0.29) is 17.4 Å². The summed E-state index contributed by atoms with van der Waals surface area (Å²) in [6.07, 6.45) is 1.60. The van der Waals surface area contributed by atoms with Gasteiger partial charge in [-0.3, -0.25) is 9.78 Å². The molecule has 0 bridgehead atoms. The number of halogens is 1. The minimum absolute atomic E-state index is 0.100. The van der Waals surface area contributed by atoms with Crippen molar-refractivity contribution in [3.63, 3.8) is 0 Å². The van der Waals surface area contributed by atoms with Gasteiger partial charge in [0.15, 0.2) is 0 Å². The highest BCUT2D eigenvalue weighted by molar-refractivity contribution is 6.28. The molecule has 0 saturated carbocycles. The molecular weight excluding hydrogens is 230 g/mol. The van der Waals surface area contributed by atoms with Crippen molar-refractivity contribution in [2.75, 3.05) is 24.6 Å². The van der Waals surface area contributed by atoms with Crippen LogP contribution in [0, 0.1) is 0 Å². The maximum absolute atomic E-state index is 11.2. The number of anilines is 1. The largest absolute Gasteiger partial charge is 0.396 e. The van der Waals surface area contributed by atoms with Crippen LogP contribution in [0.25, 0.3) is 0 Å². The molecule has 1 heterocycles. The van der Waals surface area contributed by atoms with Gasteiger partial charge in [-0.05, 0) is 31.4 Å². The molecule has 0 aliphatic heterocycles. The van der Waals surface area contributed by atoms with Crippen LogP contribution in [-0.4, -0.2) is 34.8 Å². The Morgan fingerprint density at radius 3 is 2.88 bits per heavy atom. The zero-order valence-corrected chi connectivity index (χ0v) is 10.00. The van der Waals surface area contributed by atoms with Gasteiger partial charge in [0.1, 0.15) is 5.82 Å². The lowest BCUT2D eigenvalue weighted by Crippen LogP contribution is -2.26. The number of nitrogens with one attached hydrogen (secondary N) is 1. The van der Waals surface area contributed by atoms with E-state index in [0.29, 0.717) is 5.82 Å². The van der Waals surface area contributed by atoms with Crippen molar-refractivity contribution >= 4 is 17.4 Å². The summed E-state index contributed by atoms with van der Waals surface area (Å²) in [7, 11) is 0. The van der Waals surface area contributed by atoms with E-state index in [1.165, 1.54) is 6.07 Å². The van der Waals surface area contributed by atoms with E-state index in [4.69, 9.17) is 16.7 Å². The van der Waals surface area contributed by atoms with Crippen molar-refractivity contribution in [1.29, 1.82) is 0 Å². The Labute approximate surface area is 99.1 Å². The Bertz CT molecular complexity index is 381. The van der Waals surface area contributed by atoms with Gasteiger partial charge in [-0.25, -0.2) is 4.98 Å². The first-order valence-electron chi connectivity index (χ1n) is 5.30. The van der Waals surface area contributed by atoms with Crippen LogP contribution in [0.2, 0.25) is 5.28 Å². The van der Waals surface area contributed by atoms with Crippen molar-refractivity contribution in [3.05, 3.63) is 21.7 Å². The predicted octanol–water partition coefficient (Wildman–Crippen LogP) is 1.02. The summed E-state index contributed by atoms with van der Waals surface area (Å²) < 4.78 is 0. The maximum atomic E-state index is 11.2. The lowest BCUT2D eigenvalue weighted by molar-refractivity contribution is 0.285. The minimum Gasteiger partial charge on any atom is -0.396 e. The molecule has 0 radical (unpaired) electrons. The van der Waals surface area contributed by atoms with Crippen LogP contribution < -0.4 is 10.5 Å². The molecule has 0 aromatic carbocycles. The van der Waals surface area contributed by atoms with Gasteiger partial charge in [0.05, 0.1) is 0 Å². The highest BCUT2D eigenvalue weighted by Crippen LogP contribution is 2.10. The first kappa shape index (κ1) is 13.0. The Balaban J connectivity index is 2.74. The second kappa shape index (κ2) is 6.50. The monoisotopic (exact) mass is 245 g/mol. The van der Waals surface area contributed by atoms with Crippen LogP contribution >= 0.6 is 11.6 Å². The van der Waals surface area contributed by atoms with Crippen LogP contribution in [0.4, 0.5) is 5.82 Å². The van der Waals surface area contributed by atoms with Crippen molar-refractivity contribution < 1.29 is 5.11 Å². The van der Waals surface area contributed by atoms with Gasteiger partial charge in [-0.1, -0.05) is 0 Å². The molecule has 1 aromatic rings. The average molecular weight is 246 g/mol. The van der Waals surface area contributed by atoms with E-state index in [0.717, 1.165) is 25.9 Å². The summed E-state index contributed by atoms with van der Waals surface area (Å²) in [5.74, 6) is 0.578. The van der Waals surface area contributed by atoms with Crippen LogP contribution in [0.1, 0.15) is 19.8 Å². The smallest absolute Gasteiger partial charge is 0.253 e. The van der Waals surface area contributed by atoms with Crippen LogP contribution in [0.5, 0.6) is 0 Å². The molecule has 5 nitrogen and oxygen atoms in total. The van der Waals surface area contributed by atoms with Crippen molar-refractivity contribution in [3.8, 4) is 0 Å². The van der Waals surface area contributed by atoms with E-state index in [2.05, 4.69) is 9.97 Å². The molecule has 0 aliphatic rings. The zero-order chi connectivity index (χ0) is 12.0. The quantitative estimate of drug-likeness (QED) is 0.580. The first-order chi connectivity index (χ1) is 7.67. The van der Waals surface area contributed by atoms with E-state index in [1.807, 2.05) is 11.8 Å². The zero-order valence-electron chi connectivity index (χ0n) is 9.24. The highest BCUT2D eigenvalue weighted by Gasteiger charge is 2.07. The molecule has 0 saturated heterocycles. The fourth-order valence-corrected chi connectivity index (χ4v) is 1.61. The molecule has 0 spiro atoms. The molecule has 2 N–H and O–H groups in total. The van der Waals surface area contributed by atoms with Gasteiger partial charge in [0, 0.05) is 25.8 Å². The molecule has 16 heavy (non-hydrogen) atoms. The number of nitrogens with zero attached hydrogens (tertiary/aromatic N) is 2. The Morgan fingerprint density at radius 2 is 2.31 bits per heavy atom. The van der Waals surface area contributed by atoms with Crippen LogP contribution in [0.15, 0.2) is 10.9 Å². The second-order valence-corrected chi connectivity index (χ2v) is 3.76. The lowest BCUT2D eigenvalue weighted by Gasteiger charge is -2.21. The Hall–Kier alpha value is -1.07. The van der Waals surface area contributed by atoms with Gasteiger partial charge in [-0.2, -0.15) is 0 Å². The molecule has 1 rings (SSSR count). The summed E-state index contributed by atoms with van der Waals surface area (Å²) in [4.78, 5) is 19.6. The van der Waals surface area contributed by atoms with E-state index in [9.17, 15) is 4.79 Å². The molecule has 1 aromatic heterocycles. The van der Waals surface area contributed by atoms with Crippen LogP contribution in [0.3, 0.4) is 0 Å². The summed E-state index contributed by atoms with van der Waals surface area (Å²) >= 11 is 5.68. The van der Waals surface area contributed by atoms with Crippen LogP contribution in [-0.2, 0) is 0 Å². The number of rotatable bonds is 6. The molecule has 6 heteroatoms. The standard InChI is InChI=1S/C10H16ClN3O2/c1-2-14(5-3-4-6-15)8-7-9(16)13-10(11)12-8/h7,15H,2-6H2,1H3,(H,12,13,16). The molecule has 0 amide bonds. The van der Waals surface area contributed by atoms with Crippen molar-refractivity contribution in [1.82, 2.24) is 9.97 Å². The average Bonchev–Trinajstić information content (AvgIpc) is 2.23. The second-order valence-electron chi connectivity index (χ2n) is 3.40. The van der Waals surface area contributed by atoms with Gasteiger partial charge in [0.2, 0.25) is 5.28 Å². The lowest BCUT2D eigenvalue weighted by atomic mass is 10.3. The summed E-state index contributed by atoms with van der Waals surface area (Å²) in [5.41, 5.74) is -0.254. The Morgan fingerprint density at radius 1 is 1.56 bits per heavy atom. The summed E-state index contributed by atoms with van der Waals surface area (Å²) in [6, 6.07) is 1.42. The minimum atomic E-state index is -0.254. The third kappa shape index (κ3) is 3.83. The number of aliphatic hydroxyl groups is 1. The van der Waals surface area contributed by atoms with Gasteiger partial charge in [0.25, 0.3) is 5.56 Å².